The molecule has 1 atom stereocenters. The van der Waals surface area contributed by atoms with Gasteiger partial charge in [-0.1, -0.05) is 13.0 Å². The van der Waals surface area contributed by atoms with Crippen LogP contribution in [0.4, 0.5) is 0 Å². The van der Waals surface area contributed by atoms with Crippen molar-refractivity contribution in [2.75, 3.05) is 13.2 Å². The number of aryl methyl sites for hydroxylation is 1. The van der Waals surface area contributed by atoms with Gasteiger partial charge < -0.3 is 10.1 Å². The Kier molecular flexibility index (Phi) is 4.15. The van der Waals surface area contributed by atoms with Gasteiger partial charge in [0.25, 0.3) is 0 Å². The summed E-state index contributed by atoms with van der Waals surface area (Å²) in [5.74, 6) is 1.05. The minimum Gasteiger partial charge on any atom is -0.496 e. The zero-order valence-corrected chi connectivity index (χ0v) is 10.6. The average Bonchev–Trinajstić information content (AvgIpc) is 2.85. The number of ether oxygens (including phenoxy) is 1. The summed E-state index contributed by atoms with van der Waals surface area (Å²) in [5.41, 5.74) is 2.22. The molecule has 1 aliphatic rings. The highest BCUT2D eigenvalue weighted by molar-refractivity contribution is 5.25. The summed E-state index contributed by atoms with van der Waals surface area (Å²) in [6.07, 6.45) is 6.24. The van der Waals surface area contributed by atoms with Crippen LogP contribution in [0.25, 0.3) is 0 Å². The average molecular weight is 232 g/mol. The van der Waals surface area contributed by atoms with Crippen molar-refractivity contribution in [1.82, 2.24) is 10.3 Å². The zero-order chi connectivity index (χ0) is 12.1. The van der Waals surface area contributed by atoms with Gasteiger partial charge in [0.05, 0.1) is 12.6 Å². The van der Waals surface area contributed by atoms with E-state index in [2.05, 4.69) is 29.4 Å². The number of hydrogen-bond acceptors (Lipinski definition) is 3. The molecule has 0 aliphatic carbocycles. The quantitative estimate of drug-likeness (QED) is 0.847. The zero-order valence-electron chi connectivity index (χ0n) is 10.6. The maximum Gasteiger partial charge on any atom is 0.114 e. The van der Waals surface area contributed by atoms with E-state index < -0.39 is 0 Å². The lowest BCUT2D eigenvalue weighted by Gasteiger charge is -2.19. The molecule has 1 aromatic rings. The Labute approximate surface area is 103 Å². The van der Waals surface area contributed by atoms with Crippen molar-refractivity contribution in [2.45, 2.75) is 32.7 Å². The molecule has 0 saturated heterocycles. The highest BCUT2D eigenvalue weighted by atomic mass is 16.5. The third kappa shape index (κ3) is 3.07. The van der Waals surface area contributed by atoms with E-state index in [-0.39, 0.29) is 6.04 Å². The number of nitrogens with zero attached hydrogens (tertiary/aromatic N) is 1. The van der Waals surface area contributed by atoms with E-state index in [9.17, 15) is 0 Å². The van der Waals surface area contributed by atoms with Crippen LogP contribution < -0.4 is 5.32 Å². The smallest absolute Gasteiger partial charge is 0.114 e. The first-order valence-electron chi connectivity index (χ1n) is 6.30. The van der Waals surface area contributed by atoms with Crippen LogP contribution in [-0.4, -0.2) is 18.1 Å². The lowest BCUT2D eigenvalue weighted by molar-refractivity contribution is 0.215. The van der Waals surface area contributed by atoms with Crippen molar-refractivity contribution in [2.24, 2.45) is 0 Å². The summed E-state index contributed by atoms with van der Waals surface area (Å²) >= 11 is 0. The van der Waals surface area contributed by atoms with E-state index in [1.807, 2.05) is 19.2 Å². The van der Waals surface area contributed by atoms with Gasteiger partial charge in [-0.3, -0.25) is 4.98 Å². The van der Waals surface area contributed by atoms with Crippen LogP contribution in [0, 0.1) is 6.92 Å². The molecule has 1 unspecified atom stereocenters. The van der Waals surface area contributed by atoms with E-state index >= 15 is 0 Å². The largest absolute Gasteiger partial charge is 0.496 e. The van der Waals surface area contributed by atoms with Crippen LogP contribution in [0.5, 0.6) is 0 Å². The fourth-order valence-electron chi connectivity index (χ4n) is 1.96. The molecule has 0 aromatic carbocycles. The first-order chi connectivity index (χ1) is 8.31. The minimum atomic E-state index is 0.158. The molecule has 3 nitrogen and oxygen atoms in total. The Hall–Kier alpha value is -1.35. The molecule has 0 fully saturated rings. The van der Waals surface area contributed by atoms with E-state index in [1.54, 1.807) is 0 Å². The lowest BCUT2D eigenvalue weighted by atomic mass is 10.1. The van der Waals surface area contributed by atoms with E-state index in [4.69, 9.17) is 4.74 Å². The molecule has 0 spiro atoms. The molecule has 0 radical (unpaired) electrons. The van der Waals surface area contributed by atoms with Crippen molar-refractivity contribution in [3.63, 3.8) is 0 Å². The molecule has 0 bridgehead atoms. The molecule has 92 valence electrons. The van der Waals surface area contributed by atoms with Crippen molar-refractivity contribution in [1.29, 1.82) is 0 Å². The molecule has 1 N–H and O–H groups in total. The van der Waals surface area contributed by atoms with Crippen LogP contribution in [0.15, 0.2) is 30.2 Å². The number of hydrogen-bond donors (Lipinski definition) is 1. The van der Waals surface area contributed by atoms with Crippen LogP contribution in [0.1, 0.15) is 37.1 Å². The number of rotatable bonds is 5. The topological polar surface area (TPSA) is 34.1 Å². The van der Waals surface area contributed by atoms with Crippen LogP contribution >= 0.6 is 0 Å². The molecule has 17 heavy (non-hydrogen) atoms. The maximum absolute atomic E-state index is 5.67. The highest BCUT2D eigenvalue weighted by Gasteiger charge is 2.20. The fraction of sp³-hybridized carbons (Fsp3) is 0.500. The molecule has 1 aromatic heterocycles. The Morgan fingerprint density at radius 2 is 2.35 bits per heavy atom. The standard InChI is InChI=1S/C14H20N2O/c1-3-8-15-14(13-5-4-9-17-13)12-7-6-11(2)16-10-12/h5-7,10,14-15H,3-4,8-9H2,1-2H3. The molecular formula is C14H20N2O. The molecule has 2 heterocycles. The monoisotopic (exact) mass is 232 g/mol. The SMILES string of the molecule is CCCNC(C1=CCCO1)c1ccc(C)nc1. The minimum absolute atomic E-state index is 0.158. The lowest BCUT2D eigenvalue weighted by Crippen LogP contribution is -2.24. The summed E-state index contributed by atoms with van der Waals surface area (Å²) in [7, 11) is 0. The maximum atomic E-state index is 5.67. The molecule has 1 aliphatic heterocycles. The van der Waals surface area contributed by atoms with Crippen molar-refractivity contribution in [3.8, 4) is 0 Å². The van der Waals surface area contributed by atoms with Gasteiger partial charge in [-0.25, -0.2) is 0 Å². The highest BCUT2D eigenvalue weighted by Crippen LogP contribution is 2.26. The normalized spacial score (nSPS) is 16.5. The van der Waals surface area contributed by atoms with Gasteiger partial charge in [-0.15, -0.1) is 0 Å². The van der Waals surface area contributed by atoms with Gasteiger partial charge in [0, 0.05) is 18.3 Å². The third-order valence-corrected chi connectivity index (χ3v) is 2.88. The first-order valence-corrected chi connectivity index (χ1v) is 6.30. The van der Waals surface area contributed by atoms with E-state index in [0.29, 0.717) is 0 Å². The second-order valence-electron chi connectivity index (χ2n) is 4.36. The Morgan fingerprint density at radius 1 is 1.47 bits per heavy atom. The second kappa shape index (κ2) is 5.82. The second-order valence-corrected chi connectivity index (χ2v) is 4.36. The van der Waals surface area contributed by atoms with Gasteiger partial charge in [-0.2, -0.15) is 0 Å². The summed E-state index contributed by atoms with van der Waals surface area (Å²) in [6.45, 7) is 5.96. The fourth-order valence-corrected chi connectivity index (χ4v) is 1.96. The number of aromatic nitrogens is 1. The van der Waals surface area contributed by atoms with Gasteiger partial charge >= 0.3 is 0 Å². The molecule has 0 saturated carbocycles. The van der Waals surface area contributed by atoms with Gasteiger partial charge in [-0.05, 0) is 37.6 Å². The third-order valence-electron chi connectivity index (χ3n) is 2.88. The Bertz CT molecular complexity index is 384. The van der Waals surface area contributed by atoms with Crippen LogP contribution in [-0.2, 0) is 4.74 Å². The summed E-state index contributed by atoms with van der Waals surface area (Å²) in [4.78, 5) is 4.36. The summed E-state index contributed by atoms with van der Waals surface area (Å²) < 4.78 is 5.67. The summed E-state index contributed by atoms with van der Waals surface area (Å²) in [6, 6.07) is 4.33. The van der Waals surface area contributed by atoms with Crippen molar-refractivity contribution >= 4 is 0 Å². The molecule has 3 heteroatoms. The Balaban J connectivity index is 2.16. The van der Waals surface area contributed by atoms with Crippen LogP contribution in [0.3, 0.4) is 0 Å². The van der Waals surface area contributed by atoms with Gasteiger partial charge in [0.1, 0.15) is 5.76 Å². The molecular weight excluding hydrogens is 212 g/mol. The van der Waals surface area contributed by atoms with E-state index in [0.717, 1.165) is 37.4 Å². The first kappa shape index (κ1) is 12.1. The van der Waals surface area contributed by atoms with Crippen molar-refractivity contribution in [3.05, 3.63) is 41.4 Å². The predicted molar refractivity (Wildman–Crippen MR) is 68.7 cm³/mol. The molecule has 0 amide bonds. The van der Waals surface area contributed by atoms with Crippen LogP contribution in [0.2, 0.25) is 0 Å². The number of nitrogens with one attached hydrogen (secondary N) is 1. The van der Waals surface area contributed by atoms with Gasteiger partial charge in [0.15, 0.2) is 0 Å². The molecule has 2 rings (SSSR count). The number of pyridine rings is 1. The van der Waals surface area contributed by atoms with E-state index in [1.165, 1.54) is 5.56 Å². The van der Waals surface area contributed by atoms with Gasteiger partial charge in [0.2, 0.25) is 0 Å². The Morgan fingerprint density at radius 3 is 2.94 bits per heavy atom. The van der Waals surface area contributed by atoms with Crippen molar-refractivity contribution < 1.29 is 4.74 Å². The predicted octanol–water partition coefficient (Wildman–Crippen LogP) is 2.73. The summed E-state index contributed by atoms with van der Waals surface area (Å²) in [5, 5.41) is 3.51.